The maximum absolute atomic E-state index is 11.6. The Morgan fingerprint density at radius 3 is 2.48 bits per heavy atom. The van der Waals surface area contributed by atoms with Crippen molar-refractivity contribution in [1.29, 1.82) is 0 Å². The number of nitro benzene ring substituents is 1. The van der Waals surface area contributed by atoms with Gasteiger partial charge >= 0.3 is 5.97 Å². The van der Waals surface area contributed by atoms with Gasteiger partial charge in [0.05, 0.1) is 10.7 Å². The molecule has 25 heavy (non-hydrogen) atoms. The van der Waals surface area contributed by atoms with Gasteiger partial charge in [0.25, 0.3) is 11.6 Å². The SMILES string of the molecule is CCNC(=O)[C@H](C)NC(=O)COC(=O)CSc1ccc([N+](=O)[O-])cc1. The molecule has 1 aromatic rings. The number of esters is 1. The number of benzene rings is 1. The van der Waals surface area contributed by atoms with E-state index >= 15 is 0 Å². The average molecular weight is 369 g/mol. The van der Waals surface area contributed by atoms with Crippen molar-refractivity contribution in [3.63, 3.8) is 0 Å². The van der Waals surface area contributed by atoms with Crippen LogP contribution in [0.15, 0.2) is 29.2 Å². The fourth-order valence-electron chi connectivity index (χ4n) is 1.67. The zero-order valence-electron chi connectivity index (χ0n) is 13.8. The summed E-state index contributed by atoms with van der Waals surface area (Å²) in [5.74, 6) is -1.55. The van der Waals surface area contributed by atoms with Crippen LogP contribution in [0, 0.1) is 10.1 Å². The summed E-state index contributed by atoms with van der Waals surface area (Å²) in [5, 5.41) is 15.5. The molecule has 1 rings (SSSR count). The number of hydrogen-bond acceptors (Lipinski definition) is 7. The Morgan fingerprint density at radius 2 is 1.92 bits per heavy atom. The van der Waals surface area contributed by atoms with Gasteiger partial charge in [0, 0.05) is 23.6 Å². The predicted octanol–water partition coefficient (Wildman–Crippen LogP) is 0.871. The number of nitrogens with zero attached hydrogens (tertiary/aromatic N) is 1. The Bertz CT molecular complexity index is 635. The molecule has 0 bridgehead atoms. The third-order valence-corrected chi connectivity index (χ3v) is 3.88. The Labute approximate surface area is 148 Å². The monoisotopic (exact) mass is 369 g/mol. The highest BCUT2D eigenvalue weighted by atomic mass is 32.2. The van der Waals surface area contributed by atoms with E-state index in [1.54, 1.807) is 6.92 Å². The van der Waals surface area contributed by atoms with E-state index in [-0.39, 0.29) is 17.3 Å². The van der Waals surface area contributed by atoms with Gasteiger partial charge in [-0.15, -0.1) is 11.8 Å². The summed E-state index contributed by atoms with van der Waals surface area (Å²) in [6.45, 7) is 3.25. The standard InChI is InChI=1S/C15H19N3O6S/c1-3-16-15(21)10(2)17-13(19)8-24-14(20)9-25-12-6-4-11(5-7-12)18(22)23/h4-7,10H,3,8-9H2,1-2H3,(H,16,21)(H,17,19)/t10-/m0/s1. The lowest BCUT2D eigenvalue weighted by Crippen LogP contribution is -2.46. The Balaban J connectivity index is 2.31. The maximum atomic E-state index is 11.6. The van der Waals surface area contributed by atoms with Gasteiger partial charge in [0.15, 0.2) is 6.61 Å². The van der Waals surface area contributed by atoms with Crippen LogP contribution in [0.3, 0.4) is 0 Å². The van der Waals surface area contributed by atoms with Crippen LogP contribution in [0.2, 0.25) is 0 Å². The lowest BCUT2D eigenvalue weighted by molar-refractivity contribution is -0.384. The van der Waals surface area contributed by atoms with Gasteiger partial charge in [-0.3, -0.25) is 24.5 Å². The predicted molar refractivity (Wildman–Crippen MR) is 91.1 cm³/mol. The molecule has 0 radical (unpaired) electrons. The van der Waals surface area contributed by atoms with E-state index in [4.69, 9.17) is 4.74 Å². The molecule has 0 spiro atoms. The number of hydrogen-bond donors (Lipinski definition) is 2. The minimum absolute atomic E-state index is 0.0372. The molecular weight excluding hydrogens is 350 g/mol. The van der Waals surface area contributed by atoms with E-state index in [1.807, 2.05) is 0 Å². The minimum Gasteiger partial charge on any atom is -0.455 e. The van der Waals surface area contributed by atoms with E-state index in [0.717, 1.165) is 11.8 Å². The highest BCUT2D eigenvalue weighted by molar-refractivity contribution is 8.00. The molecule has 10 heteroatoms. The molecule has 0 aromatic heterocycles. The van der Waals surface area contributed by atoms with Crippen LogP contribution in [0.5, 0.6) is 0 Å². The number of amides is 2. The molecule has 0 aliphatic carbocycles. The second-order valence-corrected chi connectivity index (χ2v) is 5.93. The minimum atomic E-state index is -0.722. The zero-order chi connectivity index (χ0) is 18.8. The molecule has 2 N–H and O–H groups in total. The lowest BCUT2D eigenvalue weighted by atomic mass is 10.3. The largest absolute Gasteiger partial charge is 0.455 e. The quantitative estimate of drug-likeness (QED) is 0.286. The number of carbonyl (C=O) groups excluding carboxylic acids is 3. The van der Waals surface area contributed by atoms with Crippen molar-refractivity contribution in [2.45, 2.75) is 24.8 Å². The van der Waals surface area contributed by atoms with Gasteiger partial charge in [-0.2, -0.15) is 0 Å². The van der Waals surface area contributed by atoms with Gasteiger partial charge in [-0.25, -0.2) is 0 Å². The van der Waals surface area contributed by atoms with Gasteiger partial charge in [-0.1, -0.05) is 0 Å². The first-order chi connectivity index (χ1) is 11.8. The van der Waals surface area contributed by atoms with Crippen LogP contribution in [-0.4, -0.2) is 47.7 Å². The molecule has 0 saturated carbocycles. The van der Waals surface area contributed by atoms with Crippen LogP contribution < -0.4 is 10.6 Å². The molecule has 0 aliphatic rings. The van der Waals surface area contributed by atoms with Crippen LogP contribution in [0.4, 0.5) is 5.69 Å². The van der Waals surface area contributed by atoms with E-state index in [1.165, 1.54) is 31.2 Å². The topological polar surface area (TPSA) is 128 Å². The molecule has 0 heterocycles. The number of ether oxygens (including phenoxy) is 1. The van der Waals surface area contributed by atoms with Crippen LogP contribution in [0.25, 0.3) is 0 Å². The molecule has 2 amide bonds. The van der Waals surface area contributed by atoms with Crippen LogP contribution in [-0.2, 0) is 19.1 Å². The second kappa shape index (κ2) is 10.3. The summed E-state index contributed by atoms with van der Waals surface area (Å²) in [6, 6.07) is 5.00. The molecule has 0 unspecified atom stereocenters. The summed E-state index contributed by atoms with van der Waals surface area (Å²) < 4.78 is 4.82. The highest BCUT2D eigenvalue weighted by Crippen LogP contribution is 2.21. The van der Waals surface area contributed by atoms with Crippen molar-refractivity contribution >= 4 is 35.2 Å². The average Bonchev–Trinajstić information content (AvgIpc) is 2.58. The van der Waals surface area contributed by atoms with E-state index in [2.05, 4.69) is 10.6 Å². The number of nitro groups is 1. The number of thioether (sulfide) groups is 1. The van der Waals surface area contributed by atoms with E-state index in [9.17, 15) is 24.5 Å². The van der Waals surface area contributed by atoms with Gasteiger partial charge in [0.2, 0.25) is 5.91 Å². The number of carbonyl (C=O) groups is 3. The third-order valence-electron chi connectivity index (χ3n) is 2.89. The summed E-state index contributed by atoms with van der Waals surface area (Å²) in [7, 11) is 0. The first-order valence-electron chi connectivity index (χ1n) is 7.43. The number of non-ortho nitro benzene ring substituents is 1. The second-order valence-electron chi connectivity index (χ2n) is 4.88. The first kappa shape index (κ1) is 20.4. The molecule has 0 aliphatic heterocycles. The molecule has 9 nitrogen and oxygen atoms in total. The molecule has 136 valence electrons. The summed E-state index contributed by atoms with van der Waals surface area (Å²) in [4.78, 5) is 45.4. The summed E-state index contributed by atoms with van der Waals surface area (Å²) in [6.07, 6.45) is 0. The van der Waals surface area contributed by atoms with Gasteiger partial charge in [-0.05, 0) is 26.0 Å². The first-order valence-corrected chi connectivity index (χ1v) is 8.42. The van der Waals surface area contributed by atoms with Crippen molar-refractivity contribution in [3.05, 3.63) is 34.4 Å². The van der Waals surface area contributed by atoms with Crippen molar-refractivity contribution in [2.24, 2.45) is 0 Å². The third kappa shape index (κ3) is 7.66. The maximum Gasteiger partial charge on any atom is 0.316 e. The van der Waals surface area contributed by atoms with E-state index < -0.39 is 29.4 Å². The van der Waals surface area contributed by atoms with Crippen molar-refractivity contribution in [3.8, 4) is 0 Å². The summed E-state index contributed by atoms with van der Waals surface area (Å²) >= 11 is 1.13. The van der Waals surface area contributed by atoms with Gasteiger partial charge in [0.1, 0.15) is 6.04 Å². The van der Waals surface area contributed by atoms with Crippen molar-refractivity contribution in [2.75, 3.05) is 18.9 Å². The fraction of sp³-hybridized carbons (Fsp3) is 0.400. The highest BCUT2D eigenvalue weighted by Gasteiger charge is 2.16. The Morgan fingerprint density at radius 1 is 1.28 bits per heavy atom. The van der Waals surface area contributed by atoms with Crippen molar-refractivity contribution < 1.29 is 24.0 Å². The number of rotatable bonds is 9. The fourth-order valence-corrected chi connectivity index (χ4v) is 2.37. The Kier molecular flexibility index (Phi) is 8.40. The molecule has 1 atom stereocenters. The molecule has 0 saturated heterocycles. The Hall–Kier alpha value is -2.62. The zero-order valence-corrected chi connectivity index (χ0v) is 14.6. The molecular formula is C15H19N3O6S. The molecule has 1 aromatic carbocycles. The molecule has 0 fully saturated rings. The van der Waals surface area contributed by atoms with E-state index in [0.29, 0.717) is 11.4 Å². The number of nitrogens with one attached hydrogen (secondary N) is 2. The van der Waals surface area contributed by atoms with Crippen LogP contribution in [0.1, 0.15) is 13.8 Å². The number of likely N-dealkylation sites (N-methyl/N-ethyl adjacent to an activating group) is 1. The summed E-state index contributed by atoms with van der Waals surface area (Å²) in [5.41, 5.74) is -0.0372. The van der Waals surface area contributed by atoms with Crippen LogP contribution >= 0.6 is 11.8 Å². The smallest absolute Gasteiger partial charge is 0.316 e. The van der Waals surface area contributed by atoms with Gasteiger partial charge < -0.3 is 15.4 Å². The lowest BCUT2D eigenvalue weighted by Gasteiger charge is -2.13. The normalized spacial score (nSPS) is 11.3. The van der Waals surface area contributed by atoms with Crippen molar-refractivity contribution in [1.82, 2.24) is 10.6 Å².